The first kappa shape index (κ1) is 26.5. The fourth-order valence-corrected chi connectivity index (χ4v) is 6.03. The van der Waals surface area contributed by atoms with E-state index in [4.69, 9.17) is 4.74 Å². The molecule has 1 aliphatic carbocycles. The predicted molar refractivity (Wildman–Crippen MR) is 132 cm³/mol. The van der Waals surface area contributed by atoms with Crippen molar-refractivity contribution in [3.63, 3.8) is 0 Å². The van der Waals surface area contributed by atoms with E-state index in [1.807, 2.05) is 6.92 Å². The first-order valence-corrected chi connectivity index (χ1v) is 13.7. The van der Waals surface area contributed by atoms with Crippen LogP contribution in [-0.4, -0.2) is 67.5 Å². The standard InChI is InChI=1S/C26H38N2O5S/c1-18(2)8-6-9-21-12-13-25-23(14-21)33-24(16-27(5)26(30)22-10-7-11-22)19(3)15-28(20(4)17-29)34(25,31)32/h12-14,18-20,22,24,29H,7-8,10-11,15-17H2,1-5H3/t19-,20-,24-/m1/s1. The first-order valence-electron chi connectivity index (χ1n) is 12.2. The molecule has 3 atom stereocenters. The molecule has 1 N–H and O–H groups in total. The van der Waals surface area contributed by atoms with Crippen LogP contribution in [0.2, 0.25) is 0 Å². The molecular weight excluding hydrogens is 452 g/mol. The van der Waals surface area contributed by atoms with Gasteiger partial charge in [0.05, 0.1) is 13.2 Å². The van der Waals surface area contributed by atoms with E-state index in [1.54, 1.807) is 31.0 Å². The summed E-state index contributed by atoms with van der Waals surface area (Å²) in [7, 11) is -2.11. The quantitative estimate of drug-likeness (QED) is 0.619. The number of rotatable bonds is 6. The Morgan fingerprint density at radius 2 is 2.00 bits per heavy atom. The summed E-state index contributed by atoms with van der Waals surface area (Å²) in [6, 6.07) is 4.33. The van der Waals surface area contributed by atoms with Crippen LogP contribution < -0.4 is 4.74 Å². The van der Waals surface area contributed by atoms with Crippen LogP contribution in [0.5, 0.6) is 5.75 Å². The molecule has 0 radical (unpaired) electrons. The number of hydrogen-bond acceptors (Lipinski definition) is 5. The molecule has 0 saturated heterocycles. The molecule has 0 unspecified atom stereocenters. The maximum Gasteiger partial charge on any atom is 0.247 e. The third-order valence-corrected chi connectivity index (χ3v) is 8.71. The number of aliphatic hydroxyl groups excluding tert-OH is 1. The van der Waals surface area contributed by atoms with Gasteiger partial charge in [0, 0.05) is 43.5 Å². The van der Waals surface area contributed by atoms with Crippen molar-refractivity contribution in [2.24, 2.45) is 17.8 Å². The first-order chi connectivity index (χ1) is 16.0. The normalized spacial score (nSPS) is 23.4. The van der Waals surface area contributed by atoms with Crippen LogP contribution in [0.3, 0.4) is 0 Å². The van der Waals surface area contributed by atoms with E-state index in [1.165, 1.54) is 10.4 Å². The van der Waals surface area contributed by atoms with E-state index in [0.717, 1.165) is 25.7 Å². The molecule has 1 aromatic carbocycles. The summed E-state index contributed by atoms with van der Waals surface area (Å²) >= 11 is 0. The van der Waals surface area contributed by atoms with Crippen LogP contribution in [0, 0.1) is 29.6 Å². The minimum atomic E-state index is -3.89. The van der Waals surface area contributed by atoms with Gasteiger partial charge < -0.3 is 14.7 Å². The number of nitrogens with zero attached hydrogens (tertiary/aromatic N) is 2. The molecule has 1 aliphatic heterocycles. The van der Waals surface area contributed by atoms with Crippen molar-refractivity contribution in [1.29, 1.82) is 0 Å². The number of amides is 1. The van der Waals surface area contributed by atoms with Gasteiger partial charge in [-0.2, -0.15) is 4.31 Å². The summed E-state index contributed by atoms with van der Waals surface area (Å²) in [4.78, 5) is 14.5. The topological polar surface area (TPSA) is 87.2 Å². The average Bonchev–Trinajstić information content (AvgIpc) is 2.74. The Labute approximate surface area is 204 Å². The van der Waals surface area contributed by atoms with Crippen molar-refractivity contribution in [1.82, 2.24) is 9.21 Å². The lowest BCUT2D eigenvalue weighted by atomic mass is 9.84. The predicted octanol–water partition coefficient (Wildman–Crippen LogP) is 3.11. The molecule has 188 valence electrons. The molecule has 34 heavy (non-hydrogen) atoms. The fourth-order valence-electron chi connectivity index (χ4n) is 4.21. The molecule has 1 saturated carbocycles. The lowest BCUT2D eigenvalue weighted by molar-refractivity contribution is -0.138. The van der Waals surface area contributed by atoms with E-state index >= 15 is 0 Å². The van der Waals surface area contributed by atoms with Gasteiger partial charge in [0.2, 0.25) is 15.9 Å². The highest BCUT2D eigenvalue weighted by Crippen LogP contribution is 2.34. The summed E-state index contributed by atoms with van der Waals surface area (Å²) < 4.78 is 34.8. The van der Waals surface area contributed by atoms with Crippen molar-refractivity contribution in [2.45, 2.75) is 70.4 Å². The smallest absolute Gasteiger partial charge is 0.247 e. The number of sulfonamides is 1. The zero-order valence-corrected chi connectivity index (χ0v) is 21.8. The largest absolute Gasteiger partial charge is 0.487 e. The molecule has 0 spiro atoms. The Bertz CT molecular complexity index is 1040. The van der Waals surface area contributed by atoms with Crippen LogP contribution in [0.4, 0.5) is 0 Å². The number of carbonyl (C=O) groups is 1. The van der Waals surface area contributed by atoms with Gasteiger partial charge in [0.25, 0.3) is 0 Å². The minimum Gasteiger partial charge on any atom is -0.487 e. The summed E-state index contributed by atoms with van der Waals surface area (Å²) in [5.41, 5.74) is 0.683. The summed E-state index contributed by atoms with van der Waals surface area (Å²) in [6.45, 7) is 8.07. The number of fused-ring (bicyclic) bond motifs is 1. The third-order valence-electron chi connectivity index (χ3n) is 6.69. The highest BCUT2D eigenvalue weighted by molar-refractivity contribution is 7.89. The monoisotopic (exact) mass is 490 g/mol. The summed E-state index contributed by atoms with van der Waals surface area (Å²) in [6.07, 6.45) is 3.26. The molecule has 1 fully saturated rings. The SMILES string of the molecule is CC(C)CC#Cc1ccc2c(c1)O[C@H](CN(C)C(=O)C1CCC1)[C@H](C)CN([C@H](C)CO)S2(=O)=O. The molecule has 3 rings (SSSR count). The van der Waals surface area contributed by atoms with Crippen molar-refractivity contribution in [3.8, 4) is 17.6 Å². The lowest BCUT2D eigenvalue weighted by Gasteiger charge is -2.38. The fraction of sp³-hybridized carbons (Fsp3) is 0.654. The van der Waals surface area contributed by atoms with Gasteiger partial charge >= 0.3 is 0 Å². The van der Waals surface area contributed by atoms with E-state index in [0.29, 0.717) is 18.0 Å². The Balaban J connectivity index is 1.98. The number of hydrogen-bond donors (Lipinski definition) is 1. The number of ether oxygens (including phenoxy) is 1. The van der Waals surface area contributed by atoms with Crippen LogP contribution >= 0.6 is 0 Å². The van der Waals surface area contributed by atoms with E-state index in [2.05, 4.69) is 25.7 Å². The lowest BCUT2D eigenvalue weighted by Crippen LogP contribution is -2.50. The van der Waals surface area contributed by atoms with Gasteiger partial charge in [-0.1, -0.05) is 39.0 Å². The van der Waals surface area contributed by atoms with E-state index in [9.17, 15) is 18.3 Å². The third kappa shape index (κ3) is 5.94. The van der Waals surface area contributed by atoms with Crippen molar-refractivity contribution in [3.05, 3.63) is 23.8 Å². The van der Waals surface area contributed by atoms with Gasteiger partial charge in [0.1, 0.15) is 16.7 Å². The molecule has 1 amide bonds. The molecular formula is C26H38N2O5S. The average molecular weight is 491 g/mol. The van der Waals surface area contributed by atoms with Gasteiger partial charge in [0.15, 0.2) is 0 Å². The van der Waals surface area contributed by atoms with Crippen molar-refractivity contribution in [2.75, 3.05) is 26.7 Å². The summed E-state index contributed by atoms with van der Waals surface area (Å²) in [5, 5.41) is 9.77. The summed E-state index contributed by atoms with van der Waals surface area (Å²) in [5.74, 6) is 6.92. The molecule has 7 nitrogen and oxygen atoms in total. The Morgan fingerprint density at radius 3 is 2.59 bits per heavy atom. The second-order valence-corrected chi connectivity index (χ2v) is 12.0. The molecule has 8 heteroatoms. The second-order valence-electron chi connectivity index (χ2n) is 10.1. The molecule has 1 heterocycles. The van der Waals surface area contributed by atoms with E-state index in [-0.39, 0.29) is 41.5 Å². The second kappa shape index (κ2) is 11.1. The van der Waals surface area contributed by atoms with Gasteiger partial charge in [-0.05, 0) is 43.9 Å². The zero-order valence-electron chi connectivity index (χ0n) is 21.0. The zero-order chi connectivity index (χ0) is 25.0. The van der Waals surface area contributed by atoms with Crippen LogP contribution in [0.15, 0.2) is 23.1 Å². The highest BCUT2D eigenvalue weighted by atomic mass is 32.2. The minimum absolute atomic E-state index is 0.0621. The van der Waals surface area contributed by atoms with Gasteiger partial charge in [-0.15, -0.1) is 0 Å². The molecule has 2 aliphatic rings. The Kier molecular flexibility index (Phi) is 8.66. The maximum absolute atomic E-state index is 13.5. The van der Waals surface area contributed by atoms with Gasteiger partial charge in [-0.25, -0.2) is 8.42 Å². The van der Waals surface area contributed by atoms with Crippen molar-refractivity contribution >= 4 is 15.9 Å². The number of benzene rings is 1. The molecule has 1 aromatic rings. The van der Waals surface area contributed by atoms with Crippen molar-refractivity contribution < 1.29 is 23.1 Å². The Morgan fingerprint density at radius 1 is 1.29 bits per heavy atom. The Hall–Kier alpha value is -2.08. The van der Waals surface area contributed by atoms with Gasteiger partial charge in [-0.3, -0.25) is 4.79 Å². The molecule has 0 aromatic heterocycles. The number of likely N-dealkylation sites (N-methyl/N-ethyl adjacent to an activating group) is 1. The highest BCUT2D eigenvalue weighted by Gasteiger charge is 2.39. The number of aliphatic hydroxyl groups is 1. The van der Waals surface area contributed by atoms with Crippen LogP contribution in [0.25, 0.3) is 0 Å². The van der Waals surface area contributed by atoms with Crippen LogP contribution in [-0.2, 0) is 14.8 Å². The molecule has 0 bridgehead atoms. The number of carbonyl (C=O) groups excluding carboxylic acids is 1. The van der Waals surface area contributed by atoms with Crippen LogP contribution in [0.1, 0.15) is 58.9 Å². The maximum atomic E-state index is 13.5. The van der Waals surface area contributed by atoms with E-state index < -0.39 is 22.2 Å².